The number of aromatic amines is 1. The van der Waals surface area contributed by atoms with Crippen LogP contribution in [0.5, 0.6) is 0 Å². The lowest BCUT2D eigenvalue weighted by molar-refractivity contribution is 0.440. The standard InChI is InChI=1S/C8H6N4.C7H15N.C2H6/c1-2-10-8-6(1)12-4-3-9-7(12)5-11-8;1-3-7-5-8-4-6(7)2;1-2/h1-5,10H;6-8H,3-5H2,1-2H3;1-2H3/t;6-,7+;/m.0./s1. The van der Waals surface area contributed by atoms with Crippen LogP contribution in [0.3, 0.4) is 0 Å². The van der Waals surface area contributed by atoms with Crippen LogP contribution < -0.4 is 5.32 Å². The molecule has 1 aliphatic rings. The summed E-state index contributed by atoms with van der Waals surface area (Å²) in [6.45, 7) is 11.1. The maximum absolute atomic E-state index is 4.20. The quantitative estimate of drug-likeness (QED) is 0.723. The molecular weight excluding hydrogens is 274 g/mol. The highest BCUT2D eigenvalue weighted by molar-refractivity contribution is 5.73. The molecule has 0 spiro atoms. The van der Waals surface area contributed by atoms with E-state index in [4.69, 9.17) is 0 Å². The number of hydrogen-bond donors (Lipinski definition) is 2. The molecule has 0 aliphatic carbocycles. The van der Waals surface area contributed by atoms with Crippen molar-refractivity contribution in [3.8, 4) is 0 Å². The van der Waals surface area contributed by atoms with Crippen LogP contribution in [0.1, 0.15) is 34.1 Å². The Morgan fingerprint density at radius 2 is 2.09 bits per heavy atom. The van der Waals surface area contributed by atoms with Gasteiger partial charge in [0.1, 0.15) is 0 Å². The minimum atomic E-state index is 0.877. The first-order valence-corrected chi connectivity index (χ1v) is 8.25. The van der Waals surface area contributed by atoms with Crippen LogP contribution in [0, 0.1) is 11.8 Å². The summed E-state index contributed by atoms with van der Waals surface area (Å²) in [5.41, 5.74) is 2.83. The van der Waals surface area contributed by atoms with Crippen molar-refractivity contribution in [2.75, 3.05) is 13.1 Å². The van der Waals surface area contributed by atoms with Crippen molar-refractivity contribution in [2.45, 2.75) is 34.1 Å². The van der Waals surface area contributed by atoms with Crippen molar-refractivity contribution in [1.29, 1.82) is 0 Å². The van der Waals surface area contributed by atoms with Crippen LogP contribution in [0.4, 0.5) is 0 Å². The molecule has 0 bridgehead atoms. The third kappa shape index (κ3) is 3.47. The van der Waals surface area contributed by atoms with E-state index in [0.29, 0.717) is 0 Å². The summed E-state index contributed by atoms with van der Waals surface area (Å²) < 4.78 is 2.00. The molecule has 120 valence electrons. The Labute approximate surface area is 132 Å². The predicted octanol–water partition coefficient (Wildman–Crippen LogP) is 3.49. The summed E-state index contributed by atoms with van der Waals surface area (Å²) in [6.07, 6.45) is 8.65. The molecule has 1 saturated heterocycles. The van der Waals surface area contributed by atoms with E-state index in [2.05, 4.69) is 34.1 Å². The Morgan fingerprint density at radius 3 is 2.73 bits per heavy atom. The first-order valence-electron chi connectivity index (χ1n) is 8.25. The number of nitrogens with one attached hydrogen (secondary N) is 2. The van der Waals surface area contributed by atoms with Crippen LogP contribution >= 0.6 is 0 Å². The second kappa shape index (κ2) is 7.94. The molecule has 2 N–H and O–H groups in total. The van der Waals surface area contributed by atoms with Crippen LogP contribution in [-0.4, -0.2) is 32.4 Å². The van der Waals surface area contributed by atoms with E-state index in [1.807, 2.05) is 36.7 Å². The largest absolute Gasteiger partial charge is 0.345 e. The molecule has 1 fully saturated rings. The summed E-state index contributed by atoms with van der Waals surface area (Å²) >= 11 is 0. The first-order chi connectivity index (χ1) is 10.8. The summed E-state index contributed by atoms with van der Waals surface area (Å²) in [4.78, 5) is 11.4. The molecule has 2 atom stereocenters. The van der Waals surface area contributed by atoms with Crippen molar-refractivity contribution >= 4 is 16.8 Å². The van der Waals surface area contributed by atoms with E-state index in [1.54, 1.807) is 12.4 Å². The molecular formula is C17H27N5. The fraction of sp³-hybridized carbons (Fsp3) is 0.529. The second-order valence-electron chi connectivity index (χ2n) is 5.43. The molecule has 3 aromatic heterocycles. The number of imidazole rings is 1. The van der Waals surface area contributed by atoms with Crippen molar-refractivity contribution in [2.24, 2.45) is 11.8 Å². The van der Waals surface area contributed by atoms with Gasteiger partial charge < -0.3 is 10.3 Å². The van der Waals surface area contributed by atoms with E-state index in [1.165, 1.54) is 19.5 Å². The molecule has 4 heterocycles. The van der Waals surface area contributed by atoms with Gasteiger partial charge in [0.15, 0.2) is 11.3 Å². The van der Waals surface area contributed by atoms with Gasteiger partial charge in [0.05, 0.1) is 11.7 Å². The Hall–Kier alpha value is -1.88. The lowest BCUT2D eigenvalue weighted by Crippen LogP contribution is -2.07. The fourth-order valence-electron chi connectivity index (χ4n) is 2.80. The number of H-pyrrole nitrogens is 1. The molecule has 22 heavy (non-hydrogen) atoms. The lowest BCUT2D eigenvalue weighted by atomic mass is 9.96. The Balaban J connectivity index is 0.000000155. The SMILES string of the molecule is CC.CC[C@@H]1CNC[C@@H]1C.c1cn2c(cnc3[nH]ccc32)n1. The topological polar surface area (TPSA) is 58.0 Å². The van der Waals surface area contributed by atoms with Gasteiger partial charge in [0.25, 0.3) is 0 Å². The molecule has 1 aliphatic heterocycles. The molecule has 3 aromatic rings. The van der Waals surface area contributed by atoms with Gasteiger partial charge in [-0.25, -0.2) is 9.97 Å². The average molecular weight is 301 g/mol. The number of fused-ring (bicyclic) bond motifs is 3. The molecule has 5 nitrogen and oxygen atoms in total. The molecule has 5 heteroatoms. The van der Waals surface area contributed by atoms with Gasteiger partial charge in [0.2, 0.25) is 0 Å². The first kappa shape index (κ1) is 16.5. The van der Waals surface area contributed by atoms with Crippen molar-refractivity contribution in [1.82, 2.24) is 24.7 Å². The highest BCUT2D eigenvalue weighted by atomic mass is 15.0. The molecule has 0 aromatic carbocycles. The van der Waals surface area contributed by atoms with E-state index in [-0.39, 0.29) is 0 Å². The number of nitrogens with zero attached hydrogens (tertiary/aromatic N) is 3. The zero-order valence-electron chi connectivity index (χ0n) is 14.0. The van der Waals surface area contributed by atoms with E-state index in [9.17, 15) is 0 Å². The van der Waals surface area contributed by atoms with Gasteiger partial charge in [-0.05, 0) is 31.0 Å². The Kier molecular flexibility index (Phi) is 5.95. The van der Waals surface area contributed by atoms with Crippen molar-refractivity contribution in [3.63, 3.8) is 0 Å². The van der Waals surface area contributed by atoms with Gasteiger partial charge >= 0.3 is 0 Å². The van der Waals surface area contributed by atoms with Crippen molar-refractivity contribution in [3.05, 3.63) is 30.9 Å². The maximum Gasteiger partial charge on any atom is 0.155 e. The van der Waals surface area contributed by atoms with Gasteiger partial charge in [-0.2, -0.15) is 0 Å². The minimum Gasteiger partial charge on any atom is -0.345 e. The summed E-state index contributed by atoms with van der Waals surface area (Å²) in [5, 5.41) is 3.37. The highest BCUT2D eigenvalue weighted by Gasteiger charge is 2.20. The number of rotatable bonds is 1. The third-order valence-corrected chi connectivity index (χ3v) is 4.14. The summed E-state index contributed by atoms with van der Waals surface area (Å²) in [5.74, 6) is 1.87. The smallest absolute Gasteiger partial charge is 0.155 e. The third-order valence-electron chi connectivity index (χ3n) is 4.14. The van der Waals surface area contributed by atoms with Gasteiger partial charge in [-0.1, -0.05) is 34.1 Å². The number of hydrogen-bond acceptors (Lipinski definition) is 3. The van der Waals surface area contributed by atoms with Crippen LogP contribution in [0.25, 0.3) is 16.8 Å². The Bertz CT molecular complexity index is 635. The lowest BCUT2D eigenvalue weighted by Gasteiger charge is -2.08. The zero-order chi connectivity index (χ0) is 15.9. The minimum absolute atomic E-state index is 0.877. The zero-order valence-corrected chi connectivity index (χ0v) is 14.0. The highest BCUT2D eigenvalue weighted by Crippen LogP contribution is 2.18. The monoisotopic (exact) mass is 301 g/mol. The summed E-state index contributed by atoms with van der Waals surface area (Å²) in [6, 6.07) is 1.98. The van der Waals surface area contributed by atoms with Gasteiger partial charge in [-0.3, -0.25) is 4.40 Å². The normalized spacial score (nSPS) is 20.4. The summed E-state index contributed by atoms with van der Waals surface area (Å²) in [7, 11) is 0. The van der Waals surface area contributed by atoms with Crippen LogP contribution in [0.2, 0.25) is 0 Å². The average Bonchev–Trinajstić information content (AvgIpc) is 3.28. The van der Waals surface area contributed by atoms with E-state index >= 15 is 0 Å². The predicted molar refractivity (Wildman–Crippen MR) is 92.0 cm³/mol. The molecule has 0 amide bonds. The van der Waals surface area contributed by atoms with Crippen LogP contribution in [0.15, 0.2) is 30.9 Å². The van der Waals surface area contributed by atoms with Gasteiger partial charge in [0, 0.05) is 18.6 Å². The molecule has 0 unspecified atom stereocenters. The van der Waals surface area contributed by atoms with E-state index in [0.717, 1.165) is 28.6 Å². The number of aromatic nitrogens is 4. The molecule has 0 saturated carbocycles. The van der Waals surface area contributed by atoms with E-state index < -0.39 is 0 Å². The van der Waals surface area contributed by atoms with Gasteiger partial charge in [-0.15, -0.1) is 0 Å². The van der Waals surface area contributed by atoms with Crippen LogP contribution in [-0.2, 0) is 0 Å². The fourth-order valence-corrected chi connectivity index (χ4v) is 2.80. The second-order valence-corrected chi connectivity index (χ2v) is 5.43. The maximum atomic E-state index is 4.20. The van der Waals surface area contributed by atoms with Crippen molar-refractivity contribution < 1.29 is 0 Å². The molecule has 0 radical (unpaired) electrons. The Morgan fingerprint density at radius 1 is 1.27 bits per heavy atom. The molecule has 4 rings (SSSR count).